The second-order valence-corrected chi connectivity index (χ2v) is 4.82. The highest BCUT2D eigenvalue weighted by Crippen LogP contribution is 2.28. The molecule has 0 radical (unpaired) electrons. The predicted molar refractivity (Wildman–Crippen MR) is 67.7 cm³/mol. The number of fused-ring (bicyclic) bond motifs is 1. The van der Waals surface area contributed by atoms with Gasteiger partial charge in [0.05, 0.1) is 11.4 Å². The largest absolute Gasteiger partial charge is 0.397 e. The van der Waals surface area contributed by atoms with Crippen molar-refractivity contribution in [3.8, 4) is 0 Å². The Morgan fingerprint density at radius 1 is 1.39 bits per heavy atom. The van der Waals surface area contributed by atoms with Gasteiger partial charge in [-0.3, -0.25) is 4.79 Å². The van der Waals surface area contributed by atoms with Crippen LogP contribution in [0.4, 0.5) is 11.4 Å². The molecule has 0 aliphatic carbocycles. The Bertz CT molecular complexity index is 590. The summed E-state index contributed by atoms with van der Waals surface area (Å²) in [6.07, 6.45) is 0.199. The maximum Gasteiger partial charge on any atom is 0.219 e. The van der Waals surface area contributed by atoms with Gasteiger partial charge in [-0.25, -0.2) is 4.63 Å². The topological polar surface area (TPSA) is 120 Å². The fourth-order valence-corrected chi connectivity index (χ4v) is 1.83. The van der Waals surface area contributed by atoms with Crippen molar-refractivity contribution in [2.24, 2.45) is 5.73 Å². The third kappa shape index (κ3) is 2.34. The molecule has 0 atom stereocenters. The number of primary amides is 1. The average Bonchev–Trinajstić information content (AvgIpc) is 2.69. The van der Waals surface area contributed by atoms with E-state index in [4.69, 9.17) is 11.5 Å². The van der Waals surface area contributed by atoms with E-state index < -0.39 is 5.54 Å². The Kier molecular flexibility index (Phi) is 2.82. The lowest BCUT2D eigenvalue weighted by molar-refractivity contribution is -0.118. The third-order valence-electron chi connectivity index (χ3n) is 2.54. The van der Waals surface area contributed by atoms with Crippen molar-refractivity contribution >= 4 is 28.3 Å². The van der Waals surface area contributed by atoms with Gasteiger partial charge in [-0.1, -0.05) is 0 Å². The fraction of sp³-hybridized carbons (Fsp3) is 0.364. The predicted octanol–water partition coefficient (Wildman–Crippen LogP) is 0.871. The highest BCUT2D eigenvalue weighted by atomic mass is 16.6. The summed E-state index contributed by atoms with van der Waals surface area (Å²) in [6.45, 7) is 3.74. The number of nitrogen functional groups attached to an aromatic ring is 1. The molecule has 7 nitrogen and oxygen atoms in total. The molecule has 1 heterocycles. The van der Waals surface area contributed by atoms with Crippen LogP contribution in [0.1, 0.15) is 20.3 Å². The molecule has 1 amide bonds. The fourth-order valence-electron chi connectivity index (χ4n) is 1.83. The minimum atomic E-state index is -0.492. The van der Waals surface area contributed by atoms with Gasteiger partial charge in [0.25, 0.3) is 0 Å². The molecule has 2 aromatic rings. The number of anilines is 2. The number of aromatic nitrogens is 2. The molecule has 96 valence electrons. The van der Waals surface area contributed by atoms with E-state index in [2.05, 4.69) is 20.3 Å². The summed E-state index contributed by atoms with van der Waals surface area (Å²) < 4.78 is 4.67. The van der Waals surface area contributed by atoms with Crippen molar-refractivity contribution in [3.05, 3.63) is 12.1 Å². The lowest BCUT2D eigenvalue weighted by Gasteiger charge is -2.26. The summed E-state index contributed by atoms with van der Waals surface area (Å²) in [5, 5.41) is 10.7. The van der Waals surface area contributed by atoms with Crippen LogP contribution in [0.25, 0.3) is 11.0 Å². The maximum absolute atomic E-state index is 11.0. The van der Waals surface area contributed by atoms with Gasteiger partial charge in [-0.2, -0.15) is 0 Å². The number of nitrogens with one attached hydrogen (secondary N) is 1. The highest BCUT2D eigenvalue weighted by molar-refractivity contribution is 5.95. The number of hydrogen-bond donors (Lipinski definition) is 3. The third-order valence-corrected chi connectivity index (χ3v) is 2.54. The van der Waals surface area contributed by atoms with E-state index in [-0.39, 0.29) is 12.3 Å². The van der Waals surface area contributed by atoms with E-state index in [0.717, 1.165) is 0 Å². The van der Waals surface area contributed by atoms with Crippen LogP contribution in [0.5, 0.6) is 0 Å². The normalized spacial score (nSPS) is 11.7. The van der Waals surface area contributed by atoms with Gasteiger partial charge in [0.2, 0.25) is 5.91 Å². The molecule has 0 bridgehead atoms. The van der Waals surface area contributed by atoms with Crippen molar-refractivity contribution in [1.29, 1.82) is 0 Å². The molecule has 2 rings (SSSR count). The molecule has 5 N–H and O–H groups in total. The molecule has 7 heteroatoms. The van der Waals surface area contributed by atoms with E-state index in [9.17, 15) is 4.79 Å². The van der Waals surface area contributed by atoms with Crippen LogP contribution in [0, 0.1) is 0 Å². The lowest BCUT2D eigenvalue weighted by atomic mass is 9.99. The zero-order valence-corrected chi connectivity index (χ0v) is 10.2. The summed E-state index contributed by atoms with van der Waals surface area (Å²) in [6, 6.07) is 3.47. The zero-order valence-electron chi connectivity index (χ0n) is 10.2. The summed E-state index contributed by atoms with van der Waals surface area (Å²) >= 11 is 0. The van der Waals surface area contributed by atoms with Crippen molar-refractivity contribution in [2.45, 2.75) is 25.8 Å². The Morgan fingerprint density at radius 3 is 2.72 bits per heavy atom. The van der Waals surface area contributed by atoms with Crippen molar-refractivity contribution in [2.75, 3.05) is 11.1 Å². The van der Waals surface area contributed by atoms with Crippen molar-refractivity contribution < 1.29 is 9.42 Å². The first-order valence-electron chi connectivity index (χ1n) is 5.46. The quantitative estimate of drug-likeness (QED) is 0.691. The molecule has 1 aromatic carbocycles. The minimum absolute atomic E-state index is 0.199. The van der Waals surface area contributed by atoms with Crippen LogP contribution in [-0.4, -0.2) is 21.8 Å². The van der Waals surface area contributed by atoms with Crippen LogP contribution in [0.15, 0.2) is 16.8 Å². The van der Waals surface area contributed by atoms with Gasteiger partial charge in [0, 0.05) is 12.0 Å². The molecule has 0 unspecified atom stereocenters. The van der Waals surface area contributed by atoms with E-state index in [1.807, 2.05) is 13.8 Å². The van der Waals surface area contributed by atoms with Crippen LogP contribution in [-0.2, 0) is 4.79 Å². The first kappa shape index (κ1) is 12.2. The first-order chi connectivity index (χ1) is 8.39. The van der Waals surface area contributed by atoms with Crippen LogP contribution in [0.2, 0.25) is 0 Å². The number of rotatable bonds is 4. The second-order valence-electron chi connectivity index (χ2n) is 4.82. The molecule has 0 spiro atoms. The Morgan fingerprint density at radius 2 is 2.06 bits per heavy atom. The van der Waals surface area contributed by atoms with Gasteiger partial charge >= 0.3 is 0 Å². The first-order valence-corrected chi connectivity index (χ1v) is 5.46. The number of hydrogen-bond acceptors (Lipinski definition) is 6. The summed E-state index contributed by atoms with van der Waals surface area (Å²) in [5.74, 6) is -0.377. The molecule has 0 saturated heterocycles. The second kappa shape index (κ2) is 4.17. The Balaban J connectivity index is 2.35. The molecule has 18 heavy (non-hydrogen) atoms. The summed E-state index contributed by atoms with van der Waals surface area (Å²) in [7, 11) is 0. The van der Waals surface area contributed by atoms with Gasteiger partial charge in [-0.15, -0.1) is 0 Å². The summed E-state index contributed by atoms with van der Waals surface area (Å²) in [5.41, 5.74) is 12.7. The molecule has 1 aromatic heterocycles. The SMILES string of the molecule is CC(C)(CC(N)=O)Nc1ccc(N)c2nonc12. The van der Waals surface area contributed by atoms with Crippen molar-refractivity contribution in [1.82, 2.24) is 10.3 Å². The van der Waals surface area contributed by atoms with Gasteiger partial charge < -0.3 is 16.8 Å². The molecule has 0 saturated carbocycles. The molecule has 0 aliphatic heterocycles. The standard InChI is InChI=1S/C11H15N5O2/c1-11(2,5-8(13)17)14-7-4-3-6(12)9-10(7)16-18-15-9/h3-4,14H,5,12H2,1-2H3,(H2,13,17). The summed E-state index contributed by atoms with van der Waals surface area (Å²) in [4.78, 5) is 11.0. The van der Waals surface area contributed by atoms with Gasteiger partial charge in [0.15, 0.2) is 11.0 Å². The number of nitrogens with zero attached hydrogens (tertiary/aromatic N) is 2. The van der Waals surface area contributed by atoms with E-state index >= 15 is 0 Å². The highest BCUT2D eigenvalue weighted by Gasteiger charge is 2.22. The number of amides is 1. The van der Waals surface area contributed by atoms with Crippen LogP contribution in [0.3, 0.4) is 0 Å². The maximum atomic E-state index is 11.0. The number of carbonyl (C=O) groups excluding carboxylic acids is 1. The molecule has 0 fully saturated rings. The van der Waals surface area contributed by atoms with Gasteiger partial charge in [-0.05, 0) is 36.3 Å². The average molecular weight is 249 g/mol. The Hall–Kier alpha value is -2.31. The van der Waals surface area contributed by atoms with E-state index in [1.54, 1.807) is 12.1 Å². The molecule has 0 aliphatic rings. The van der Waals surface area contributed by atoms with Crippen LogP contribution >= 0.6 is 0 Å². The van der Waals surface area contributed by atoms with E-state index in [1.165, 1.54) is 0 Å². The number of benzene rings is 1. The van der Waals surface area contributed by atoms with Gasteiger partial charge in [0.1, 0.15) is 0 Å². The molecular formula is C11H15N5O2. The minimum Gasteiger partial charge on any atom is -0.397 e. The number of nitrogens with two attached hydrogens (primary N) is 2. The van der Waals surface area contributed by atoms with Crippen LogP contribution < -0.4 is 16.8 Å². The number of carbonyl (C=O) groups is 1. The lowest BCUT2D eigenvalue weighted by Crippen LogP contribution is -2.36. The monoisotopic (exact) mass is 249 g/mol. The smallest absolute Gasteiger partial charge is 0.219 e. The molecular weight excluding hydrogens is 234 g/mol. The zero-order chi connectivity index (χ0) is 13.3. The Labute approximate surface area is 103 Å². The van der Waals surface area contributed by atoms with Crippen molar-refractivity contribution in [3.63, 3.8) is 0 Å². The van der Waals surface area contributed by atoms with E-state index in [0.29, 0.717) is 22.4 Å².